The molecular weight excluding hydrogens is 693 g/mol. The first-order valence-electron chi connectivity index (χ1n) is 19.4. The summed E-state index contributed by atoms with van der Waals surface area (Å²) in [4.78, 5) is 36.4. The van der Waals surface area contributed by atoms with Gasteiger partial charge in [-0.3, -0.25) is 14.5 Å². The average Bonchev–Trinajstić information content (AvgIpc) is 3.84. The zero-order valence-corrected chi connectivity index (χ0v) is 31.2. The molecular formula is C45H46N4O6. The third kappa shape index (κ3) is 6.96. The number of phenolic OH excluding ortho intramolecular Hbond substituents is 1. The molecule has 4 aliphatic rings. The molecule has 10 heteroatoms. The summed E-state index contributed by atoms with van der Waals surface area (Å²) in [5, 5.41) is 10.1. The van der Waals surface area contributed by atoms with Crippen molar-refractivity contribution in [3.05, 3.63) is 130 Å². The van der Waals surface area contributed by atoms with Crippen LogP contribution in [-0.4, -0.2) is 77.0 Å². The Bertz CT molecular complexity index is 2240. The molecule has 0 unspecified atom stereocenters. The van der Waals surface area contributed by atoms with E-state index in [9.17, 15) is 9.90 Å². The number of phenols is 1. The molecule has 0 bridgehead atoms. The third-order valence-corrected chi connectivity index (χ3v) is 11.5. The smallest absolute Gasteiger partial charge is 0.260 e. The molecule has 0 spiro atoms. The van der Waals surface area contributed by atoms with Crippen LogP contribution < -0.4 is 14.4 Å². The van der Waals surface area contributed by atoms with Crippen molar-refractivity contribution in [1.82, 2.24) is 14.4 Å². The highest BCUT2D eigenvalue weighted by Crippen LogP contribution is 2.42. The van der Waals surface area contributed by atoms with Crippen LogP contribution in [0.2, 0.25) is 0 Å². The molecule has 1 saturated heterocycles. The molecule has 1 atom stereocenters. The molecule has 1 aromatic heterocycles. The third-order valence-electron chi connectivity index (χ3n) is 11.5. The fourth-order valence-corrected chi connectivity index (χ4v) is 8.69. The van der Waals surface area contributed by atoms with Crippen molar-refractivity contribution in [3.8, 4) is 28.5 Å². The highest BCUT2D eigenvalue weighted by molar-refractivity contribution is 6.09. The average molecular weight is 739 g/mol. The number of ether oxygens (including phenoxy) is 3. The van der Waals surface area contributed by atoms with Gasteiger partial charge in [0.2, 0.25) is 6.79 Å². The summed E-state index contributed by atoms with van der Waals surface area (Å²) < 4.78 is 19.7. The van der Waals surface area contributed by atoms with Crippen LogP contribution in [0.5, 0.6) is 17.2 Å². The lowest BCUT2D eigenvalue weighted by molar-refractivity contribution is 0.0193. The van der Waals surface area contributed by atoms with Crippen molar-refractivity contribution < 1.29 is 28.9 Å². The molecule has 0 saturated carbocycles. The molecule has 4 aliphatic heterocycles. The van der Waals surface area contributed by atoms with Gasteiger partial charge in [0.15, 0.2) is 11.5 Å². The number of anilines is 1. The number of rotatable bonds is 8. The summed E-state index contributed by atoms with van der Waals surface area (Å²) in [6.45, 7) is 7.56. The minimum Gasteiger partial charge on any atom is -0.508 e. The lowest BCUT2D eigenvalue weighted by Gasteiger charge is -2.40. The largest absolute Gasteiger partial charge is 0.508 e. The molecule has 0 aliphatic carbocycles. The number of hydrogen-bond donors (Lipinski definition) is 1. The van der Waals surface area contributed by atoms with E-state index >= 15 is 4.79 Å². The maximum Gasteiger partial charge on any atom is 0.260 e. The number of aryl methyl sites for hydroxylation is 1. The SMILES string of the molecule is Cc1cccc(CN(C(=O)c2cc(-c3cc4c(cc3C(=O)N3Cc5ccccc5C[C@H]3CN3CCOCC3)OCO4)n3c2CCCC3)c2ccc(O)cc2)c1. The molecule has 55 heavy (non-hydrogen) atoms. The van der Waals surface area contributed by atoms with E-state index in [0.717, 1.165) is 85.5 Å². The van der Waals surface area contributed by atoms with Crippen LogP contribution in [-0.2, 0) is 37.2 Å². The van der Waals surface area contributed by atoms with Crippen LogP contribution in [0.1, 0.15) is 61.5 Å². The Kier molecular flexibility index (Phi) is 9.53. The fraction of sp³-hybridized carbons (Fsp3) is 0.333. The Morgan fingerprint density at radius 2 is 1.62 bits per heavy atom. The zero-order chi connectivity index (χ0) is 37.5. The van der Waals surface area contributed by atoms with E-state index in [1.165, 1.54) is 5.56 Å². The van der Waals surface area contributed by atoms with Crippen LogP contribution in [0, 0.1) is 6.92 Å². The summed E-state index contributed by atoms with van der Waals surface area (Å²) in [7, 11) is 0. The number of hydrogen-bond acceptors (Lipinski definition) is 7. The molecule has 9 rings (SSSR count). The molecule has 10 nitrogen and oxygen atoms in total. The van der Waals surface area contributed by atoms with Crippen molar-refractivity contribution in [2.75, 3.05) is 44.5 Å². The predicted molar refractivity (Wildman–Crippen MR) is 210 cm³/mol. The second-order valence-corrected chi connectivity index (χ2v) is 15.1. The topological polar surface area (TPSA) is 96.7 Å². The van der Waals surface area contributed by atoms with Crippen LogP contribution in [0.15, 0.2) is 91.0 Å². The van der Waals surface area contributed by atoms with E-state index in [2.05, 4.69) is 33.7 Å². The van der Waals surface area contributed by atoms with Gasteiger partial charge in [-0.25, -0.2) is 0 Å². The zero-order valence-electron chi connectivity index (χ0n) is 31.2. The van der Waals surface area contributed by atoms with Gasteiger partial charge in [0.25, 0.3) is 11.8 Å². The first-order chi connectivity index (χ1) is 26.9. The fourth-order valence-electron chi connectivity index (χ4n) is 8.69. The van der Waals surface area contributed by atoms with Gasteiger partial charge in [0.1, 0.15) is 5.75 Å². The number of fused-ring (bicyclic) bond motifs is 3. The second kappa shape index (κ2) is 14.9. The monoisotopic (exact) mass is 738 g/mol. The summed E-state index contributed by atoms with van der Waals surface area (Å²) >= 11 is 0. The van der Waals surface area contributed by atoms with Gasteiger partial charge in [0.05, 0.1) is 30.9 Å². The lowest BCUT2D eigenvalue weighted by atomic mass is 9.92. The number of amides is 2. The standard InChI is InChI=1S/C45H46N4O6/c1-30-7-6-8-31(21-30)26-48(34-12-14-36(50)15-13-34)45(52)39-23-41(47-16-5-4-11-40(39)47)37-24-42-43(55-29-54-42)25-38(37)44(51)49-27-33-10-3-2-9-32(33)22-35(49)28-46-17-19-53-20-18-46/h2-3,6-10,12-15,21,23-25,35,50H,4-5,11,16-20,22,26-29H2,1H3/t35-/m0/s1. The van der Waals surface area contributed by atoms with Crippen molar-refractivity contribution in [2.24, 2.45) is 0 Å². The number of nitrogens with zero attached hydrogens (tertiary/aromatic N) is 4. The first-order valence-corrected chi connectivity index (χ1v) is 19.4. The summed E-state index contributed by atoms with van der Waals surface area (Å²) in [5.41, 5.74) is 8.93. The molecule has 1 N–H and O–H groups in total. The van der Waals surface area contributed by atoms with E-state index in [4.69, 9.17) is 14.2 Å². The van der Waals surface area contributed by atoms with Crippen molar-refractivity contribution in [2.45, 2.75) is 58.3 Å². The van der Waals surface area contributed by atoms with E-state index in [1.807, 2.05) is 54.3 Å². The van der Waals surface area contributed by atoms with Gasteiger partial charge in [-0.2, -0.15) is 0 Å². The van der Waals surface area contributed by atoms with Crippen LogP contribution in [0.3, 0.4) is 0 Å². The number of aromatic hydroxyl groups is 1. The molecule has 282 valence electrons. The van der Waals surface area contributed by atoms with Crippen molar-refractivity contribution in [1.29, 1.82) is 0 Å². The number of benzene rings is 4. The van der Waals surface area contributed by atoms with Gasteiger partial charge in [-0.05, 0) is 91.8 Å². The van der Waals surface area contributed by atoms with Gasteiger partial charge in [-0.1, -0.05) is 54.1 Å². The Morgan fingerprint density at radius 3 is 2.42 bits per heavy atom. The Labute approximate surface area is 321 Å². The number of morpholine rings is 1. The van der Waals surface area contributed by atoms with Crippen LogP contribution >= 0.6 is 0 Å². The molecule has 2 amide bonds. The molecule has 0 radical (unpaired) electrons. The van der Waals surface area contributed by atoms with Crippen LogP contribution in [0.25, 0.3) is 11.3 Å². The molecule has 5 heterocycles. The van der Waals surface area contributed by atoms with E-state index in [-0.39, 0.29) is 30.4 Å². The van der Waals surface area contributed by atoms with Gasteiger partial charge in [0, 0.05) is 61.4 Å². The quantitative estimate of drug-likeness (QED) is 0.184. The van der Waals surface area contributed by atoms with Gasteiger partial charge < -0.3 is 33.7 Å². The van der Waals surface area contributed by atoms with E-state index < -0.39 is 0 Å². The number of carbonyl (C=O) groups is 2. The number of aromatic nitrogens is 1. The van der Waals surface area contributed by atoms with E-state index in [0.29, 0.717) is 54.6 Å². The minimum absolute atomic E-state index is 0.0300. The maximum atomic E-state index is 15.2. The highest BCUT2D eigenvalue weighted by atomic mass is 16.7. The second-order valence-electron chi connectivity index (χ2n) is 15.1. The Hall–Kier alpha value is -5.58. The maximum absolute atomic E-state index is 15.2. The van der Waals surface area contributed by atoms with Crippen molar-refractivity contribution in [3.63, 3.8) is 0 Å². The molecule has 4 aromatic carbocycles. The normalized spacial score (nSPS) is 17.8. The molecule has 5 aromatic rings. The highest BCUT2D eigenvalue weighted by Gasteiger charge is 2.36. The minimum atomic E-state index is -0.129. The summed E-state index contributed by atoms with van der Waals surface area (Å²) in [5.74, 6) is 1.08. The van der Waals surface area contributed by atoms with E-state index in [1.54, 1.807) is 29.2 Å². The van der Waals surface area contributed by atoms with Crippen molar-refractivity contribution >= 4 is 17.5 Å². The molecule has 1 fully saturated rings. The van der Waals surface area contributed by atoms with Gasteiger partial charge in [-0.15, -0.1) is 0 Å². The van der Waals surface area contributed by atoms with Crippen LogP contribution in [0.4, 0.5) is 5.69 Å². The lowest BCUT2D eigenvalue weighted by Crippen LogP contribution is -2.52. The summed E-state index contributed by atoms with van der Waals surface area (Å²) in [6.07, 6.45) is 3.44. The number of carbonyl (C=O) groups excluding carboxylic acids is 2. The Morgan fingerprint density at radius 1 is 0.836 bits per heavy atom. The van der Waals surface area contributed by atoms with Gasteiger partial charge >= 0.3 is 0 Å². The predicted octanol–water partition coefficient (Wildman–Crippen LogP) is 6.98. The summed E-state index contributed by atoms with van der Waals surface area (Å²) in [6, 6.07) is 29.1. The Balaban J connectivity index is 1.13. The first kappa shape index (κ1) is 35.1.